The highest BCUT2D eigenvalue weighted by Gasteiger charge is 2.32. The van der Waals surface area contributed by atoms with Crippen molar-refractivity contribution in [1.82, 2.24) is 30.0 Å². The van der Waals surface area contributed by atoms with E-state index in [2.05, 4.69) is 65.2 Å². The number of hydrogen-bond donors (Lipinski definition) is 0. The fourth-order valence-corrected chi connectivity index (χ4v) is 3.47. The van der Waals surface area contributed by atoms with Crippen LogP contribution in [-0.4, -0.2) is 62.7 Å². The fourth-order valence-electron chi connectivity index (χ4n) is 3.35. The van der Waals surface area contributed by atoms with Crippen LogP contribution < -0.4 is 0 Å². The van der Waals surface area contributed by atoms with E-state index in [1.807, 2.05) is 16.8 Å². The van der Waals surface area contributed by atoms with Crippen LogP contribution in [0.1, 0.15) is 45.1 Å². The summed E-state index contributed by atoms with van der Waals surface area (Å²) in [7, 11) is 0. The molecule has 1 aliphatic rings. The second kappa shape index (κ2) is 7.40. The minimum Gasteiger partial charge on any atom is -0.301 e. The van der Waals surface area contributed by atoms with E-state index in [0.29, 0.717) is 0 Å². The summed E-state index contributed by atoms with van der Waals surface area (Å²) < 4.78 is 1.94. The lowest BCUT2D eigenvalue weighted by Gasteiger charge is -2.39. The molecular weight excluding hydrogens is 336 g/mol. The third kappa shape index (κ3) is 4.02. The number of likely N-dealkylation sites (N-methyl/N-ethyl adjacent to an activating group) is 1. The Hall–Kier alpha value is -1.50. The molecule has 6 nitrogen and oxygen atoms in total. The monoisotopic (exact) mass is 362 g/mol. The Morgan fingerprint density at radius 1 is 1.08 bits per heavy atom. The van der Waals surface area contributed by atoms with Crippen molar-refractivity contribution in [1.29, 1.82) is 0 Å². The Kier molecular flexibility index (Phi) is 5.41. The first-order valence-corrected chi connectivity index (χ1v) is 9.28. The van der Waals surface area contributed by atoms with Crippen LogP contribution in [0.25, 0.3) is 0 Å². The molecule has 7 heteroatoms. The second-order valence-electron chi connectivity index (χ2n) is 7.54. The Balaban J connectivity index is 1.98. The normalized spacial score (nSPS) is 18.4. The van der Waals surface area contributed by atoms with Crippen LogP contribution >= 0.6 is 11.6 Å². The maximum atomic E-state index is 6.10. The van der Waals surface area contributed by atoms with Gasteiger partial charge >= 0.3 is 0 Å². The van der Waals surface area contributed by atoms with E-state index in [9.17, 15) is 0 Å². The van der Waals surface area contributed by atoms with Crippen LogP contribution in [0.5, 0.6) is 0 Å². The van der Waals surface area contributed by atoms with Crippen LogP contribution in [0.15, 0.2) is 24.3 Å². The van der Waals surface area contributed by atoms with Gasteiger partial charge in [0.1, 0.15) is 0 Å². The Labute approximate surface area is 154 Å². The molecule has 0 radical (unpaired) electrons. The minimum atomic E-state index is -0.172. The first kappa shape index (κ1) is 18.3. The molecule has 0 aliphatic carbocycles. The van der Waals surface area contributed by atoms with Crippen molar-refractivity contribution in [2.24, 2.45) is 0 Å². The Morgan fingerprint density at radius 3 is 2.28 bits per heavy atom. The molecule has 0 spiro atoms. The molecule has 1 aromatic heterocycles. The Morgan fingerprint density at radius 2 is 1.72 bits per heavy atom. The SMILES string of the molecule is CCN1CCN(C(c2ccc(Cl)cc2)c2nnnn2C(C)(C)C)CC1. The van der Waals surface area contributed by atoms with Crippen molar-refractivity contribution in [3.8, 4) is 0 Å². The van der Waals surface area contributed by atoms with Crippen LogP contribution in [-0.2, 0) is 5.54 Å². The van der Waals surface area contributed by atoms with E-state index in [1.54, 1.807) is 0 Å². The molecule has 0 N–H and O–H groups in total. The maximum Gasteiger partial charge on any atom is 0.173 e. The van der Waals surface area contributed by atoms with Gasteiger partial charge in [0.05, 0.1) is 11.6 Å². The molecule has 1 unspecified atom stereocenters. The molecular formula is C18H27ClN6. The zero-order valence-electron chi connectivity index (χ0n) is 15.5. The minimum absolute atomic E-state index is 0.0329. The number of hydrogen-bond acceptors (Lipinski definition) is 5. The molecule has 2 heterocycles. The van der Waals surface area contributed by atoms with Gasteiger partial charge < -0.3 is 4.90 Å². The highest BCUT2D eigenvalue weighted by atomic mass is 35.5. The van der Waals surface area contributed by atoms with E-state index in [-0.39, 0.29) is 11.6 Å². The third-order valence-corrected chi connectivity index (χ3v) is 5.03. The van der Waals surface area contributed by atoms with Gasteiger partial charge in [-0.05, 0) is 55.4 Å². The van der Waals surface area contributed by atoms with Crippen molar-refractivity contribution in [2.75, 3.05) is 32.7 Å². The van der Waals surface area contributed by atoms with Crippen molar-refractivity contribution in [3.63, 3.8) is 0 Å². The third-order valence-electron chi connectivity index (χ3n) is 4.78. The summed E-state index contributed by atoms with van der Waals surface area (Å²) in [6, 6.07) is 8.09. The molecule has 1 aliphatic heterocycles. The van der Waals surface area contributed by atoms with E-state index >= 15 is 0 Å². The van der Waals surface area contributed by atoms with Gasteiger partial charge in [-0.1, -0.05) is 30.7 Å². The van der Waals surface area contributed by atoms with Gasteiger partial charge in [0, 0.05) is 31.2 Å². The summed E-state index contributed by atoms with van der Waals surface area (Å²) in [4.78, 5) is 4.95. The number of piperazine rings is 1. The van der Waals surface area contributed by atoms with E-state index in [1.165, 1.54) is 5.56 Å². The first-order valence-electron chi connectivity index (χ1n) is 8.90. The highest BCUT2D eigenvalue weighted by molar-refractivity contribution is 6.30. The molecule has 2 aromatic rings. The summed E-state index contributed by atoms with van der Waals surface area (Å²) in [6.45, 7) is 13.8. The van der Waals surface area contributed by atoms with Gasteiger partial charge in [0.25, 0.3) is 0 Å². The number of nitrogens with zero attached hydrogens (tertiary/aromatic N) is 6. The topological polar surface area (TPSA) is 50.1 Å². The van der Waals surface area contributed by atoms with Crippen molar-refractivity contribution in [3.05, 3.63) is 40.7 Å². The lowest BCUT2D eigenvalue weighted by molar-refractivity contribution is 0.106. The number of rotatable bonds is 4. The summed E-state index contributed by atoms with van der Waals surface area (Å²) in [6.07, 6.45) is 0. The Bertz CT molecular complexity index is 682. The predicted molar refractivity (Wildman–Crippen MR) is 99.8 cm³/mol. The van der Waals surface area contributed by atoms with Crippen molar-refractivity contribution in [2.45, 2.75) is 39.3 Å². The first-order chi connectivity index (χ1) is 11.9. The van der Waals surface area contributed by atoms with E-state index in [4.69, 9.17) is 11.6 Å². The van der Waals surface area contributed by atoms with Gasteiger partial charge in [-0.15, -0.1) is 5.10 Å². The summed E-state index contributed by atoms with van der Waals surface area (Å²) in [5.74, 6) is 0.889. The molecule has 1 saturated heterocycles. The number of tetrazole rings is 1. The summed E-state index contributed by atoms with van der Waals surface area (Å²) in [5.41, 5.74) is 1.00. The molecule has 25 heavy (non-hydrogen) atoms. The van der Waals surface area contributed by atoms with E-state index in [0.717, 1.165) is 43.6 Å². The maximum absolute atomic E-state index is 6.10. The molecule has 1 aromatic carbocycles. The van der Waals surface area contributed by atoms with Crippen molar-refractivity contribution >= 4 is 11.6 Å². The lowest BCUT2D eigenvalue weighted by Crippen LogP contribution is -2.48. The lowest BCUT2D eigenvalue weighted by atomic mass is 10.0. The standard InChI is InChI=1S/C18H27ClN6/c1-5-23-10-12-24(13-11-23)16(14-6-8-15(19)9-7-14)17-20-21-22-25(17)18(2,3)4/h6-9,16H,5,10-13H2,1-4H3. The van der Waals surface area contributed by atoms with Gasteiger partial charge in [0.2, 0.25) is 0 Å². The van der Waals surface area contributed by atoms with Gasteiger partial charge in [0.15, 0.2) is 5.82 Å². The average Bonchev–Trinajstić information content (AvgIpc) is 3.07. The van der Waals surface area contributed by atoms with Crippen LogP contribution in [0, 0.1) is 0 Å². The summed E-state index contributed by atoms with van der Waals surface area (Å²) >= 11 is 6.10. The number of aromatic nitrogens is 4. The van der Waals surface area contributed by atoms with Crippen molar-refractivity contribution < 1.29 is 0 Å². The molecule has 1 fully saturated rings. The zero-order chi connectivity index (χ0) is 18.0. The molecule has 136 valence electrons. The molecule has 0 saturated carbocycles. The number of benzene rings is 1. The number of halogens is 1. The fraction of sp³-hybridized carbons (Fsp3) is 0.611. The smallest absolute Gasteiger partial charge is 0.173 e. The molecule has 0 bridgehead atoms. The second-order valence-corrected chi connectivity index (χ2v) is 7.98. The van der Waals surface area contributed by atoms with Gasteiger partial charge in [-0.25, -0.2) is 4.68 Å². The zero-order valence-corrected chi connectivity index (χ0v) is 16.2. The summed E-state index contributed by atoms with van der Waals surface area (Å²) in [5, 5.41) is 13.4. The average molecular weight is 363 g/mol. The molecule has 0 amide bonds. The molecule has 1 atom stereocenters. The van der Waals surface area contributed by atoms with Gasteiger partial charge in [-0.3, -0.25) is 4.90 Å². The van der Waals surface area contributed by atoms with Crippen LogP contribution in [0.2, 0.25) is 5.02 Å². The van der Waals surface area contributed by atoms with E-state index < -0.39 is 0 Å². The molecule has 3 rings (SSSR count). The highest BCUT2D eigenvalue weighted by Crippen LogP contribution is 2.31. The largest absolute Gasteiger partial charge is 0.301 e. The van der Waals surface area contributed by atoms with Crippen LogP contribution in [0.4, 0.5) is 0 Å². The van der Waals surface area contributed by atoms with Crippen LogP contribution in [0.3, 0.4) is 0 Å². The van der Waals surface area contributed by atoms with Gasteiger partial charge in [-0.2, -0.15) is 0 Å². The quantitative estimate of drug-likeness (QED) is 0.837. The predicted octanol–water partition coefficient (Wildman–Crippen LogP) is 2.81.